The summed E-state index contributed by atoms with van der Waals surface area (Å²) in [4.78, 5) is 5.79. The summed E-state index contributed by atoms with van der Waals surface area (Å²) >= 11 is 1.63. The summed E-state index contributed by atoms with van der Waals surface area (Å²) in [5.74, 6) is 0.143. The number of aryl methyl sites for hydroxylation is 1. The minimum absolute atomic E-state index is 0.122. The topological polar surface area (TPSA) is 59.1 Å². The fourth-order valence-corrected chi connectivity index (χ4v) is 4.85. The molecule has 3 rings (SSSR count). The zero-order valence-electron chi connectivity index (χ0n) is 10.5. The molecule has 1 N–H and O–H groups in total. The summed E-state index contributed by atoms with van der Waals surface area (Å²) in [5, 5.41) is 4.34. The first-order valence-corrected chi connectivity index (χ1v) is 8.49. The standard InChI is InChI=1S/C13H14N2O2S2/c1-9-14-6-10(18-9)7-15-12-8-19(16,17)13-5-3-2-4-11(12)13/h2-6,12,15H,7-8H2,1H3. The van der Waals surface area contributed by atoms with Gasteiger partial charge in [0.05, 0.1) is 15.7 Å². The average Bonchev–Trinajstić information content (AvgIpc) is 2.90. The van der Waals surface area contributed by atoms with Crippen LogP contribution in [0.25, 0.3) is 0 Å². The Morgan fingerprint density at radius 1 is 1.42 bits per heavy atom. The first kappa shape index (κ1) is 12.8. The molecule has 0 spiro atoms. The molecule has 1 aliphatic heterocycles. The largest absolute Gasteiger partial charge is 0.304 e. The summed E-state index contributed by atoms with van der Waals surface area (Å²) in [6.07, 6.45) is 1.84. The minimum Gasteiger partial charge on any atom is -0.304 e. The molecule has 1 aromatic heterocycles. The van der Waals surface area contributed by atoms with E-state index in [0.29, 0.717) is 11.4 Å². The predicted molar refractivity (Wildman–Crippen MR) is 74.9 cm³/mol. The van der Waals surface area contributed by atoms with Gasteiger partial charge in [-0.1, -0.05) is 18.2 Å². The fourth-order valence-electron chi connectivity index (χ4n) is 2.33. The first-order valence-electron chi connectivity index (χ1n) is 6.02. The van der Waals surface area contributed by atoms with E-state index in [0.717, 1.165) is 15.4 Å². The quantitative estimate of drug-likeness (QED) is 0.941. The van der Waals surface area contributed by atoms with E-state index in [4.69, 9.17) is 0 Å². The van der Waals surface area contributed by atoms with Gasteiger partial charge < -0.3 is 5.32 Å². The fraction of sp³-hybridized carbons (Fsp3) is 0.308. The normalized spacial score (nSPS) is 20.4. The van der Waals surface area contributed by atoms with Crippen molar-refractivity contribution in [3.63, 3.8) is 0 Å². The van der Waals surface area contributed by atoms with Gasteiger partial charge in [0, 0.05) is 23.7 Å². The van der Waals surface area contributed by atoms with E-state index in [1.165, 1.54) is 0 Å². The number of benzene rings is 1. The number of fused-ring (bicyclic) bond motifs is 1. The van der Waals surface area contributed by atoms with Crippen LogP contribution < -0.4 is 5.32 Å². The third kappa shape index (κ3) is 2.43. The van der Waals surface area contributed by atoms with Crippen molar-refractivity contribution in [2.45, 2.75) is 24.4 Å². The number of thiazole rings is 1. The van der Waals surface area contributed by atoms with Crippen LogP contribution in [-0.2, 0) is 16.4 Å². The van der Waals surface area contributed by atoms with Crippen LogP contribution in [0.4, 0.5) is 0 Å². The van der Waals surface area contributed by atoms with E-state index >= 15 is 0 Å². The zero-order valence-corrected chi connectivity index (χ0v) is 12.1. The number of hydrogen-bond acceptors (Lipinski definition) is 5. The highest BCUT2D eigenvalue weighted by atomic mass is 32.2. The first-order chi connectivity index (χ1) is 9.06. The molecular formula is C13H14N2O2S2. The molecule has 0 fully saturated rings. The van der Waals surface area contributed by atoms with Gasteiger partial charge in [0.25, 0.3) is 0 Å². The summed E-state index contributed by atoms with van der Waals surface area (Å²) < 4.78 is 24.1. The molecule has 0 saturated carbocycles. The van der Waals surface area contributed by atoms with Gasteiger partial charge in [-0.05, 0) is 18.6 Å². The second-order valence-corrected chi connectivity index (χ2v) is 7.92. The summed E-state index contributed by atoms with van der Waals surface area (Å²) in [6.45, 7) is 2.61. The highest BCUT2D eigenvalue weighted by Gasteiger charge is 2.33. The Morgan fingerprint density at radius 3 is 2.95 bits per heavy atom. The van der Waals surface area contributed by atoms with Crippen molar-refractivity contribution in [3.05, 3.63) is 45.9 Å². The zero-order chi connectivity index (χ0) is 13.5. The van der Waals surface area contributed by atoms with E-state index in [1.54, 1.807) is 23.5 Å². The maximum Gasteiger partial charge on any atom is 0.180 e. The lowest BCUT2D eigenvalue weighted by atomic mass is 10.1. The molecule has 1 atom stereocenters. The Kier molecular flexibility index (Phi) is 3.16. The number of nitrogens with zero attached hydrogens (tertiary/aromatic N) is 1. The average molecular weight is 294 g/mol. The smallest absolute Gasteiger partial charge is 0.180 e. The summed E-state index contributed by atoms with van der Waals surface area (Å²) in [5.41, 5.74) is 0.878. The van der Waals surface area contributed by atoms with E-state index < -0.39 is 9.84 Å². The van der Waals surface area contributed by atoms with Crippen LogP contribution in [0.15, 0.2) is 35.4 Å². The van der Waals surface area contributed by atoms with Gasteiger partial charge in [-0.15, -0.1) is 11.3 Å². The van der Waals surface area contributed by atoms with Crippen LogP contribution in [0, 0.1) is 6.92 Å². The SMILES string of the molecule is Cc1ncc(CNC2CS(=O)(=O)c3ccccc32)s1. The Bertz CT molecular complexity index is 707. The van der Waals surface area contributed by atoms with E-state index in [2.05, 4.69) is 10.3 Å². The summed E-state index contributed by atoms with van der Waals surface area (Å²) in [6, 6.07) is 7.10. The molecular weight excluding hydrogens is 280 g/mol. The number of hydrogen-bond donors (Lipinski definition) is 1. The molecule has 100 valence electrons. The van der Waals surface area contributed by atoms with Crippen LogP contribution >= 0.6 is 11.3 Å². The van der Waals surface area contributed by atoms with Crippen LogP contribution in [0.3, 0.4) is 0 Å². The van der Waals surface area contributed by atoms with E-state index in [9.17, 15) is 8.42 Å². The van der Waals surface area contributed by atoms with Crippen LogP contribution in [0.1, 0.15) is 21.5 Å². The second kappa shape index (κ2) is 4.70. The molecule has 2 aromatic rings. The molecule has 1 aromatic carbocycles. The third-order valence-electron chi connectivity index (χ3n) is 3.21. The van der Waals surface area contributed by atoms with Crippen LogP contribution in [-0.4, -0.2) is 19.2 Å². The van der Waals surface area contributed by atoms with Crippen molar-refractivity contribution in [2.75, 3.05) is 5.75 Å². The Morgan fingerprint density at radius 2 is 2.21 bits per heavy atom. The predicted octanol–water partition coefficient (Wildman–Crippen LogP) is 2.07. The van der Waals surface area contributed by atoms with Gasteiger partial charge in [0.15, 0.2) is 9.84 Å². The molecule has 0 amide bonds. The van der Waals surface area contributed by atoms with Gasteiger partial charge in [-0.3, -0.25) is 0 Å². The molecule has 0 radical (unpaired) electrons. The molecule has 0 bridgehead atoms. The minimum atomic E-state index is -3.13. The van der Waals surface area contributed by atoms with Gasteiger partial charge >= 0.3 is 0 Å². The number of aromatic nitrogens is 1. The highest BCUT2D eigenvalue weighted by molar-refractivity contribution is 7.91. The number of sulfone groups is 1. The maximum absolute atomic E-state index is 12.0. The van der Waals surface area contributed by atoms with E-state index in [1.807, 2.05) is 25.3 Å². The maximum atomic E-state index is 12.0. The number of nitrogens with one attached hydrogen (secondary N) is 1. The van der Waals surface area contributed by atoms with Gasteiger partial charge in [0.1, 0.15) is 0 Å². The van der Waals surface area contributed by atoms with E-state index in [-0.39, 0.29) is 11.8 Å². The van der Waals surface area contributed by atoms with Gasteiger partial charge in [0.2, 0.25) is 0 Å². The third-order valence-corrected chi connectivity index (χ3v) is 5.93. The van der Waals surface area contributed by atoms with Gasteiger partial charge in [-0.25, -0.2) is 13.4 Å². The van der Waals surface area contributed by atoms with Gasteiger partial charge in [-0.2, -0.15) is 0 Å². The number of rotatable bonds is 3. The second-order valence-electron chi connectivity index (χ2n) is 4.60. The molecule has 2 heterocycles. The molecule has 4 nitrogen and oxygen atoms in total. The van der Waals surface area contributed by atoms with Crippen LogP contribution in [0.2, 0.25) is 0 Å². The summed E-state index contributed by atoms with van der Waals surface area (Å²) in [7, 11) is -3.13. The van der Waals surface area contributed by atoms with Crippen molar-refractivity contribution in [1.29, 1.82) is 0 Å². The lowest BCUT2D eigenvalue weighted by molar-refractivity contribution is 0.569. The monoisotopic (exact) mass is 294 g/mol. The van der Waals surface area contributed by atoms with Crippen molar-refractivity contribution in [1.82, 2.24) is 10.3 Å². The highest BCUT2D eigenvalue weighted by Crippen LogP contribution is 2.33. The molecule has 6 heteroatoms. The Labute approximate surface area is 116 Å². The molecule has 0 aliphatic carbocycles. The molecule has 1 unspecified atom stereocenters. The molecule has 0 saturated heterocycles. The van der Waals surface area contributed by atoms with Crippen molar-refractivity contribution in [2.24, 2.45) is 0 Å². The molecule has 19 heavy (non-hydrogen) atoms. The Balaban J connectivity index is 1.80. The molecule has 1 aliphatic rings. The van der Waals surface area contributed by atoms with Crippen LogP contribution in [0.5, 0.6) is 0 Å². The van der Waals surface area contributed by atoms with Crippen molar-refractivity contribution < 1.29 is 8.42 Å². The van der Waals surface area contributed by atoms with Crippen molar-refractivity contribution >= 4 is 21.2 Å². The Hall–Kier alpha value is -1.24. The lowest BCUT2D eigenvalue weighted by Crippen LogP contribution is -2.21. The van der Waals surface area contributed by atoms with Crippen molar-refractivity contribution in [3.8, 4) is 0 Å². The lowest BCUT2D eigenvalue weighted by Gasteiger charge is -2.11.